The molecule has 0 spiro atoms. The summed E-state index contributed by atoms with van der Waals surface area (Å²) in [6.45, 7) is 3.81. The maximum atomic E-state index is 13.4. The fraction of sp³-hybridized carbons (Fsp3) is 0.500. The van der Waals surface area contributed by atoms with Gasteiger partial charge in [0.2, 0.25) is 0 Å². The first-order valence-corrected chi connectivity index (χ1v) is 6.37. The third kappa shape index (κ3) is 4.96. The minimum atomic E-state index is -0.291. The molecule has 0 unspecified atom stereocenters. The predicted molar refractivity (Wildman–Crippen MR) is 71.9 cm³/mol. The van der Waals surface area contributed by atoms with Crippen LogP contribution in [0.5, 0.6) is 0 Å². The quantitative estimate of drug-likeness (QED) is 0.764. The maximum Gasteiger partial charge on any atom is 0.319 e. The first-order chi connectivity index (χ1) is 9.10. The molecule has 0 atom stereocenters. The van der Waals surface area contributed by atoms with Crippen LogP contribution in [0.2, 0.25) is 0 Å². The molecule has 2 N–H and O–H groups in total. The number of esters is 1. The highest BCUT2D eigenvalue weighted by Crippen LogP contribution is 2.12. The van der Waals surface area contributed by atoms with Gasteiger partial charge in [0.15, 0.2) is 0 Å². The van der Waals surface area contributed by atoms with Gasteiger partial charge in [0, 0.05) is 18.7 Å². The molecule has 5 heteroatoms. The largest absolute Gasteiger partial charge is 0.468 e. The van der Waals surface area contributed by atoms with Crippen LogP contribution in [0.1, 0.15) is 24.5 Å². The number of carbonyl (C=O) groups is 1. The van der Waals surface area contributed by atoms with Crippen LogP contribution in [0.15, 0.2) is 18.2 Å². The Balaban J connectivity index is 2.75. The Kier molecular flexibility index (Phi) is 6.45. The van der Waals surface area contributed by atoms with E-state index >= 15 is 0 Å². The lowest BCUT2D eigenvalue weighted by Crippen LogP contribution is -2.31. The van der Waals surface area contributed by atoms with Crippen molar-refractivity contribution >= 4 is 5.97 Å². The Labute approximate surface area is 113 Å². The van der Waals surface area contributed by atoms with E-state index in [1.54, 1.807) is 12.1 Å². The molecule has 106 valence electrons. The number of benzene rings is 1. The summed E-state index contributed by atoms with van der Waals surface area (Å²) >= 11 is 0. The Morgan fingerprint density at radius 3 is 2.79 bits per heavy atom. The fourth-order valence-corrected chi connectivity index (χ4v) is 1.92. The molecule has 0 heterocycles. The minimum Gasteiger partial charge on any atom is -0.468 e. The van der Waals surface area contributed by atoms with Crippen molar-refractivity contribution in [2.24, 2.45) is 5.73 Å². The molecule has 0 fully saturated rings. The van der Waals surface area contributed by atoms with Crippen molar-refractivity contribution in [2.45, 2.75) is 26.4 Å². The fourth-order valence-electron chi connectivity index (χ4n) is 1.92. The zero-order valence-corrected chi connectivity index (χ0v) is 11.5. The zero-order valence-electron chi connectivity index (χ0n) is 11.5. The smallest absolute Gasteiger partial charge is 0.319 e. The van der Waals surface area contributed by atoms with E-state index in [1.165, 1.54) is 13.2 Å². The molecular weight excluding hydrogens is 247 g/mol. The number of hydrogen-bond donors (Lipinski definition) is 1. The lowest BCUT2D eigenvalue weighted by Gasteiger charge is -2.20. The molecule has 0 bridgehead atoms. The molecule has 0 aliphatic heterocycles. The predicted octanol–water partition coefficient (Wildman–Crippen LogP) is 1.67. The third-order valence-corrected chi connectivity index (χ3v) is 2.86. The maximum absolute atomic E-state index is 13.4. The van der Waals surface area contributed by atoms with E-state index in [1.807, 2.05) is 11.8 Å². The van der Waals surface area contributed by atoms with Gasteiger partial charge in [-0.2, -0.15) is 0 Å². The van der Waals surface area contributed by atoms with Gasteiger partial charge in [0.25, 0.3) is 0 Å². The van der Waals surface area contributed by atoms with Crippen molar-refractivity contribution < 1.29 is 13.9 Å². The van der Waals surface area contributed by atoms with Crippen LogP contribution in [-0.2, 0) is 22.6 Å². The van der Waals surface area contributed by atoms with E-state index in [2.05, 4.69) is 4.74 Å². The summed E-state index contributed by atoms with van der Waals surface area (Å²) in [7, 11) is 1.37. The molecule has 0 amide bonds. The van der Waals surface area contributed by atoms with Crippen LogP contribution < -0.4 is 5.73 Å². The number of nitrogens with zero attached hydrogens (tertiary/aromatic N) is 1. The van der Waals surface area contributed by atoms with E-state index in [-0.39, 0.29) is 24.9 Å². The number of halogens is 1. The van der Waals surface area contributed by atoms with Crippen molar-refractivity contribution in [3.8, 4) is 0 Å². The molecule has 1 aromatic carbocycles. The molecule has 0 radical (unpaired) electrons. The van der Waals surface area contributed by atoms with E-state index in [9.17, 15) is 9.18 Å². The summed E-state index contributed by atoms with van der Waals surface area (Å²) in [6.07, 6.45) is 0.932. The normalized spacial score (nSPS) is 10.8. The van der Waals surface area contributed by atoms with Crippen LogP contribution in [0, 0.1) is 5.82 Å². The van der Waals surface area contributed by atoms with Gasteiger partial charge >= 0.3 is 5.97 Å². The first-order valence-electron chi connectivity index (χ1n) is 6.37. The second kappa shape index (κ2) is 7.86. The van der Waals surface area contributed by atoms with Gasteiger partial charge in [0.05, 0.1) is 13.7 Å². The molecular formula is C14H21FN2O2. The monoisotopic (exact) mass is 268 g/mol. The molecule has 0 aliphatic carbocycles. The van der Waals surface area contributed by atoms with Crippen molar-refractivity contribution in [1.29, 1.82) is 0 Å². The highest BCUT2D eigenvalue weighted by molar-refractivity contribution is 5.71. The summed E-state index contributed by atoms with van der Waals surface area (Å²) < 4.78 is 18.0. The molecule has 4 nitrogen and oxygen atoms in total. The van der Waals surface area contributed by atoms with Gasteiger partial charge < -0.3 is 10.5 Å². The average Bonchev–Trinajstić information content (AvgIpc) is 2.41. The summed E-state index contributed by atoms with van der Waals surface area (Å²) in [5.74, 6) is -0.559. The van der Waals surface area contributed by atoms with Gasteiger partial charge in [0.1, 0.15) is 5.82 Å². The van der Waals surface area contributed by atoms with Crippen LogP contribution in [0.3, 0.4) is 0 Å². The third-order valence-electron chi connectivity index (χ3n) is 2.86. The van der Waals surface area contributed by atoms with E-state index < -0.39 is 0 Å². The van der Waals surface area contributed by atoms with Gasteiger partial charge in [-0.1, -0.05) is 19.1 Å². The van der Waals surface area contributed by atoms with E-state index in [0.717, 1.165) is 18.5 Å². The number of ether oxygens (including phenoxy) is 1. The number of nitrogens with two attached hydrogens (primary N) is 1. The number of rotatable bonds is 7. The van der Waals surface area contributed by atoms with Crippen LogP contribution in [0.4, 0.5) is 4.39 Å². The summed E-state index contributed by atoms with van der Waals surface area (Å²) in [5.41, 5.74) is 6.92. The lowest BCUT2D eigenvalue weighted by molar-refractivity contribution is -0.142. The minimum absolute atomic E-state index is 0.171. The van der Waals surface area contributed by atoms with Crippen molar-refractivity contribution in [3.63, 3.8) is 0 Å². The average molecular weight is 268 g/mol. The Hall–Kier alpha value is -1.46. The van der Waals surface area contributed by atoms with Gasteiger partial charge in [-0.05, 0) is 24.6 Å². The molecule has 1 rings (SSSR count). The second-order valence-corrected chi connectivity index (χ2v) is 4.42. The van der Waals surface area contributed by atoms with Crippen LogP contribution in [-0.4, -0.2) is 31.1 Å². The molecule has 0 saturated heterocycles. The van der Waals surface area contributed by atoms with Crippen molar-refractivity contribution in [1.82, 2.24) is 4.90 Å². The first kappa shape index (κ1) is 15.6. The highest BCUT2D eigenvalue weighted by Gasteiger charge is 2.11. The topological polar surface area (TPSA) is 55.6 Å². The van der Waals surface area contributed by atoms with E-state index in [0.29, 0.717) is 12.1 Å². The Morgan fingerprint density at radius 2 is 2.21 bits per heavy atom. The van der Waals surface area contributed by atoms with Gasteiger partial charge in [-0.3, -0.25) is 9.69 Å². The highest BCUT2D eigenvalue weighted by atomic mass is 19.1. The standard InChI is InChI=1S/C14H21FN2O2/c1-3-6-17(10-14(18)19-2)9-11-4-5-13(15)12(7-11)8-16/h4-5,7H,3,6,8-10,16H2,1-2H3. The Bertz CT molecular complexity index is 424. The van der Waals surface area contributed by atoms with Gasteiger partial charge in [-0.25, -0.2) is 4.39 Å². The molecule has 0 saturated carbocycles. The summed E-state index contributed by atoms with van der Waals surface area (Å²) in [5, 5.41) is 0. The van der Waals surface area contributed by atoms with Crippen LogP contribution in [0.25, 0.3) is 0 Å². The number of hydrogen-bond acceptors (Lipinski definition) is 4. The zero-order chi connectivity index (χ0) is 14.3. The van der Waals surface area contributed by atoms with Crippen molar-refractivity contribution in [2.75, 3.05) is 20.2 Å². The number of methoxy groups -OCH3 is 1. The Morgan fingerprint density at radius 1 is 1.47 bits per heavy atom. The summed E-state index contributed by atoms with van der Waals surface area (Å²) in [4.78, 5) is 13.3. The lowest BCUT2D eigenvalue weighted by atomic mass is 10.1. The summed E-state index contributed by atoms with van der Waals surface area (Å²) in [6, 6.07) is 4.88. The van der Waals surface area contributed by atoms with Gasteiger partial charge in [-0.15, -0.1) is 0 Å². The number of carbonyl (C=O) groups excluding carboxylic acids is 1. The molecule has 19 heavy (non-hydrogen) atoms. The van der Waals surface area contributed by atoms with Crippen molar-refractivity contribution in [3.05, 3.63) is 35.1 Å². The molecule has 1 aromatic rings. The SMILES string of the molecule is CCCN(CC(=O)OC)Cc1ccc(F)c(CN)c1. The molecule has 0 aromatic heterocycles. The van der Waals surface area contributed by atoms with E-state index in [4.69, 9.17) is 5.73 Å². The van der Waals surface area contributed by atoms with Crippen LogP contribution >= 0.6 is 0 Å². The second-order valence-electron chi connectivity index (χ2n) is 4.42. The molecule has 0 aliphatic rings.